The molecule has 2 aliphatic rings. The van der Waals surface area contributed by atoms with E-state index in [-0.39, 0.29) is 11.3 Å². The molecule has 2 saturated heterocycles. The van der Waals surface area contributed by atoms with Crippen LogP contribution in [0.3, 0.4) is 0 Å². The average molecular weight is 451 g/mol. The predicted molar refractivity (Wildman–Crippen MR) is 125 cm³/mol. The minimum Gasteiger partial charge on any atom is -0.507 e. The molecule has 174 valence electrons. The van der Waals surface area contributed by atoms with E-state index in [1.807, 2.05) is 31.2 Å². The number of amides is 1. The molecule has 0 spiro atoms. The third-order valence-electron chi connectivity index (χ3n) is 6.27. The highest BCUT2D eigenvalue weighted by Gasteiger charge is 2.45. The molecule has 7 heteroatoms. The third-order valence-corrected chi connectivity index (χ3v) is 6.27. The highest BCUT2D eigenvalue weighted by molar-refractivity contribution is 6.46. The van der Waals surface area contributed by atoms with Gasteiger partial charge in [-0.25, -0.2) is 0 Å². The van der Waals surface area contributed by atoms with Crippen LogP contribution in [0.5, 0.6) is 5.75 Å². The largest absolute Gasteiger partial charge is 0.507 e. The molecule has 4 rings (SSSR count). The zero-order valence-electron chi connectivity index (χ0n) is 19.1. The standard InChI is InChI=1S/C26H30N2O5/c1-18-4-6-19(7-5-18)23-22(24(29)20-8-10-21(32-2)11-9-20)25(30)26(31)28(23)13-3-12-27-14-16-33-17-15-27/h4-11,23,29H,3,12-17H2,1-2H3/t23-/m1/s1. The van der Waals surface area contributed by atoms with Crippen molar-refractivity contribution in [3.8, 4) is 5.75 Å². The average Bonchev–Trinajstić information content (AvgIpc) is 3.10. The summed E-state index contributed by atoms with van der Waals surface area (Å²) in [6, 6.07) is 13.9. The van der Waals surface area contributed by atoms with Crippen LogP contribution in [0.4, 0.5) is 0 Å². The molecule has 2 aromatic carbocycles. The van der Waals surface area contributed by atoms with Crippen molar-refractivity contribution in [3.63, 3.8) is 0 Å². The molecule has 0 unspecified atom stereocenters. The number of rotatable bonds is 7. The lowest BCUT2D eigenvalue weighted by molar-refractivity contribution is -0.140. The van der Waals surface area contributed by atoms with Crippen molar-refractivity contribution >= 4 is 17.4 Å². The van der Waals surface area contributed by atoms with Crippen molar-refractivity contribution in [1.82, 2.24) is 9.80 Å². The number of hydrogen-bond donors (Lipinski definition) is 1. The van der Waals surface area contributed by atoms with Gasteiger partial charge in [0, 0.05) is 31.7 Å². The lowest BCUT2D eigenvalue weighted by Gasteiger charge is -2.29. The zero-order chi connectivity index (χ0) is 23.4. The van der Waals surface area contributed by atoms with Crippen LogP contribution < -0.4 is 4.74 Å². The van der Waals surface area contributed by atoms with E-state index in [0.29, 0.717) is 17.9 Å². The Bertz CT molecular complexity index is 1020. The number of Topliss-reactive ketones (excluding diaryl/α,β-unsaturated/α-hetero) is 1. The SMILES string of the molecule is COc1ccc(C(O)=C2C(=O)C(=O)N(CCCN3CCOCC3)[C@@H]2c2ccc(C)cc2)cc1. The first-order valence-corrected chi connectivity index (χ1v) is 11.3. The van der Waals surface area contributed by atoms with E-state index in [1.54, 1.807) is 36.3 Å². The van der Waals surface area contributed by atoms with Crippen molar-refractivity contribution in [1.29, 1.82) is 0 Å². The maximum atomic E-state index is 13.1. The molecule has 1 N–H and O–H groups in total. The molecule has 0 aliphatic carbocycles. The zero-order valence-corrected chi connectivity index (χ0v) is 19.1. The first-order valence-electron chi connectivity index (χ1n) is 11.3. The van der Waals surface area contributed by atoms with Crippen LogP contribution >= 0.6 is 0 Å². The Labute approximate surface area is 194 Å². The summed E-state index contributed by atoms with van der Waals surface area (Å²) in [7, 11) is 1.56. The van der Waals surface area contributed by atoms with Crippen LogP contribution in [0, 0.1) is 6.92 Å². The van der Waals surface area contributed by atoms with E-state index < -0.39 is 17.7 Å². The van der Waals surface area contributed by atoms with E-state index >= 15 is 0 Å². The molecular formula is C26H30N2O5. The van der Waals surface area contributed by atoms with Gasteiger partial charge in [-0.05, 0) is 43.2 Å². The molecule has 0 radical (unpaired) electrons. The van der Waals surface area contributed by atoms with Gasteiger partial charge in [0.1, 0.15) is 11.5 Å². The Hall–Kier alpha value is -3.16. The number of benzene rings is 2. The second-order valence-corrected chi connectivity index (χ2v) is 8.44. The number of morpholine rings is 1. The minimum atomic E-state index is -0.653. The van der Waals surface area contributed by atoms with Crippen molar-refractivity contribution < 1.29 is 24.2 Å². The van der Waals surface area contributed by atoms with E-state index in [2.05, 4.69) is 4.90 Å². The maximum Gasteiger partial charge on any atom is 0.295 e. The van der Waals surface area contributed by atoms with Gasteiger partial charge in [0.25, 0.3) is 11.7 Å². The van der Waals surface area contributed by atoms with Crippen molar-refractivity contribution in [3.05, 3.63) is 70.8 Å². The fraction of sp³-hybridized carbons (Fsp3) is 0.385. The van der Waals surface area contributed by atoms with Gasteiger partial charge in [0.15, 0.2) is 0 Å². The molecule has 0 bridgehead atoms. The van der Waals surface area contributed by atoms with Crippen molar-refractivity contribution in [2.24, 2.45) is 0 Å². The molecule has 2 heterocycles. The Morgan fingerprint density at radius 2 is 1.70 bits per heavy atom. The first kappa shape index (κ1) is 23.0. The number of likely N-dealkylation sites (tertiary alicyclic amines) is 1. The molecule has 2 aliphatic heterocycles. The molecule has 0 aromatic heterocycles. The second kappa shape index (κ2) is 10.2. The maximum absolute atomic E-state index is 13.1. The fourth-order valence-corrected chi connectivity index (χ4v) is 4.40. The van der Waals surface area contributed by atoms with Crippen LogP contribution in [0.1, 0.15) is 29.2 Å². The van der Waals surface area contributed by atoms with Gasteiger partial charge in [-0.15, -0.1) is 0 Å². The van der Waals surface area contributed by atoms with Gasteiger partial charge < -0.3 is 19.5 Å². The van der Waals surface area contributed by atoms with Crippen molar-refractivity contribution in [2.75, 3.05) is 46.5 Å². The van der Waals surface area contributed by atoms with Gasteiger partial charge in [-0.2, -0.15) is 0 Å². The number of aliphatic hydroxyl groups excluding tert-OH is 1. The van der Waals surface area contributed by atoms with E-state index in [4.69, 9.17) is 9.47 Å². The molecule has 0 saturated carbocycles. The molecule has 7 nitrogen and oxygen atoms in total. The topological polar surface area (TPSA) is 79.3 Å². The summed E-state index contributed by atoms with van der Waals surface area (Å²) in [5, 5.41) is 11.1. The van der Waals surface area contributed by atoms with Gasteiger partial charge in [0.05, 0.1) is 31.9 Å². The number of ketones is 1. The Morgan fingerprint density at radius 1 is 1.03 bits per heavy atom. The van der Waals surface area contributed by atoms with Crippen LogP contribution in [0.25, 0.3) is 5.76 Å². The highest BCUT2D eigenvalue weighted by atomic mass is 16.5. The third kappa shape index (κ3) is 4.94. The van der Waals surface area contributed by atoms with Gasteiger partial charge in [-0.1, -0.05) is 29.8 Å². The number of carbonyl (C=O) groups is 2. The second-order valence-electron chi connectivity index (χ2n) is 8.44. The van der Waals surface area contributed by atoms with Crippen LogP contribution in [-0.2, 0) is 14.3 Å². The van der Waals surface area contributed by atoms with Crippen LogP contribution in [0.15, 0.2) is 54.1 Å². The van der Waals surface area contributed by atoms with Gasteiger partial charge >= 0.3 is 0 Å². The summed E-state index contributed by atoms with van der Waals surface area (Å²) in [4.78, 5) is 30.1. The molecule has 1 amide bonds. The number of carbonyl (C=O) groups excluding carboxylic acids is 2. The molecular weight excluding hydrogens is 420 g/mol. The summed E-state index contributed by atoms with van der Waals surface area (Å²) in [5.74, 6) is -0.750. The lowest BCUT2D eigenvalue weighted by Crippen LogP contribution is -2.38. The minimum absolute atomic E-state index is 0.125. The number of nitrogens with zero attached hydrogens (tertiary/aromatic N) is 2. The highest BCUT2D eigenvalue weighted by Crippen LogP contribution is 2.39. The number of ether oxygens (including phenoxy) is 2. The van der Waals surface area contributed by atoms with Crippen molar-refractivity contribution in [2.45, 2.75) is 19.4 Å². The first-order chi connectivity index (χ1) is 16.0. The number of hydrogen-bond acceptors (Lipinski definition) is 6. The summed E-state index contributed by atoms with van der Waals surface area (Å²) in [6.07, 6.45) is 0.734. The molecule has 2 fully saturated rings. The number of methoxy groups -OCH3 is 1. The predicted octanol–water partition coefficient (Wildman–Crippen LogP) is 3.15. The molecule has 1 atom stereocenters. The fourth-order valence-electron chi connectivity index (χ4n) is 4.40. The van der Waals surface area contributed by atoms with Gasteiger partial charge in [0.2, 0.25) is 0 Å². The Morgan fingerprint density at radius 3 is 2.33 bits per heavy atom. The summed E-state index contributed by atoms with van der Waals surface area (Å²) in [6.45, 7) is 6.42. The Balaban J connectivity index is 1.65. The Kier molecular flexibility index (Phi) is 7.11. The molecule has 33 heavy (non-hydrogen) atoms. The van der Waals surface area contributed by atoms with E-state index in [1.165, 1.54) is 0 Å². The molecule has 2 aromatic rings. The summed E-state index contributed by atoms with van der Waals surface area (Å²) in [5.41, 5.74) is 2.49. The van der Waals surface area contributed by atoms with Gasteiger partial charge in [-0.3, -0.25) is 14.5 Å². The van der Waals surface area contributed by atoms with Crippen LogP contribution in [0.2, 0.25) is 0 Å². The number of aliphatic hydroxyl groups is 1. The smallest absolute Gasteiger partial charge is 0.295 e. The lowest BCUT2D eigenvalue weighted by atomic mass is 9.94. The van der Waals surface area contributed by atoms with Crippen LogP contribution in [-0.4, -0.2) is 73.1 Å². The van der Waals surface area contributed by atoms with E-state index in [9.17, 15) is 14.7 Å². The van der Waals surface area contributed by atoms with E-state index in [0.717, 1.165) is 50.4 Å². The summed E-state index contributed by atoms with van der Waals surface area (Å²) < 4.78 is 10.6. The number of aryl methyl sites for hydroxylation is 1. The monoisotopic (exact) mass is 450 g/mol. The normalized spacial score (nSPS) is 20.9. The quantitative estimate of drug-likeness (QED) is 0.397. The summed E-state index contributed by atoms with van der Waals surface area (Å²) >= 11 is 0.